The molecule has 0 amide bonds. The van der Waals surface area contributed by atoms with Crippen molar-refractivity contribution in [3.8, 4) is 0 Å². The fourth-order valence-electron chi connectivity index (χ4n) is 9.45. The van der Waals surface area contributed by atoms with Crippen molar-refractivity contribution in [2.45, 2.75) is 266 Å². The molecule has 0 aromatic carbocycles. The van der Waals surface area contributed by atoms with Crippen molar-refractivity contribution < 1.29 is 92.7 Å². The maximum absolute atomic E-state index is 9.45. The molecule has 0 fully saturated rings. The van der Waals surface area contributed by atoms with Gasteiger partial charge in [-0.3, -0.25) is 0 Å². The molecule has 0 aromatic heterocycles. The van der Waals surface area contributed by atoms with Crippen LogP contribution in [-0.2, 0) is 51.9 Å². The van der Waals surface area contributed by atoms with Gasteiger partial charge in [-0.05, 0) is 240 Å². The summed E-state index contributed by atoms with van der Waals surface area (Å²) in [4.78, 5) is 0. The van der Waals surface area contributed by atoms with Gasteiger partial charge in [-0.1, -0.05) is 13.8 Å². The highest BCUT2D eigenvalue weighted by molar-refractivity contribution is 6.90. The van der Waals surface area contributed by atoms with Gasteiger partial charge in [-0.15, -0.1) is 0 Å². The molecule has 0 saturated heterocycles. The van der Waals surface area contributed by atoms with E-state index in [-0.39, 0.29) is 52.9 Å². The molecule has 0 radical (unpaired) electrons. The van der Waals surface area contributed by atoms with Crippen LogP contribution in [0, 0.1) is 10.8 Å². The van der Waals surface area contributed by atoms with Gasteiger partial charge in [0.25, 0.3) is 0 Å². The SMILES string of the molecule is CC(CO)(CO)COCCC[Si](C)(O[Si](C)(C)C)O[Si](C)(C)C.CCC(CO)(CO)COCCC[Si](C)(O[Si](C)(C)C)O[Si](C)(C)C.C[Si](C)(C)O[Si](C)(CCCOC(CO)CO)O[Si](C)(C)C.C[Si](C)(C)O[Si](C)(CCCOCC(O)CO)O[Si](C)(C)C. The number of aliphatic hydroxyl groups is 8. The first-order valence-electron chi connectivity index (χ1n) is 32.7. The quantitative estimate of drug-likeness (QED) is 0.0208. The highest BCUT2D eigenvalue weighted by Crippen LogP contribution is 2.30. The van der Waals surface area contributed by atoms with Crippen molar-refractivity contribution in [2.24, 2.45) is 10.8 Å². The topological polar surface area (TPSA) is 273 Å². The van der Waals surface area contributed by atoms with Crippen molar-refractivity contribution in [1.82, 2.24) is 0 Å². The van der Waals surface area contributed by atoms with E-state index in [1.54, 1.807) is 0 Å². The monoisotopic (exact) mass is 1490 g/mol. The lowest BCUT2D eigenvalue weighted by atomic mass is 9.88. The van der Waals surface area contributed by atoms with Gasteiger partial charge in [0.1, 0.15) is 12.2 Å². The molecule has 0 spiro atoms. The molecule has 0 aliphatic rings. The summed E-state index contributed by atoms with van der Waals surface area (Å²) in [6.07, 6.45) is 2.88. The smallest absolute Gasteiger partial charge is 0.314 e. The van der Waals surface area contributed by atoms with E-state index in [1.165, 1.54) is 0 Å². The minimum absolute atomic E-state index is 0.0517. The third kappa shape index (κ3) is 59.6. The van der Waals surface area contributed by atoms with E-state index in [9.17, 15) is 25.5 Å². The molecule has 0 aliphatic carbocycles. The average Bonchev–Trinajstić information content (AvgIpc) is 3.32. The maximum Gasteiger partial charge on any atom is 0.314 e. The van der Waals surface area contributed by atoms with E-state index >= 15 is 0 Å². The molecule has 0 rings (SSSR count). The van der Waals surface area contributed by atoms with Gasteiger partial charge in [0.2, 0.25) is 0 Å². The molecule has 0 saturated carbocycles. The van der Waals surface area contributed by atoms with Crippen LogP contribution >= 0.6 is 0 Å². The van der Waals surface area contributed by atoms with Gasteiger partial charge in [0.15, 0.2) is 66.5 Å². The van der Waals surface area contributed by atoms with Crippen LogP contribution in [0.3, 0.4) is 0 Å². The first kappa shape index (κ1) is 97.2. The number of ether oxygens (including phenoxy) is 4. The number of hydrogen-bond acceptors (Lipinski definition) is 20. The van der Waals surface area contributed by atoms with Crippen LogP contribution < -0.4 is 0 Å². The summed E-state index contributed by atoms with van der Waals surface area (Å²) >= 11 is 0. The lowest BCUT2D eigenvalue weighted by Gasteiger charge is -2.38. The zero-order valence-electron chi connectivity index (χ0n) is 62.9. The maximum atomic E-state index is 9.45. The number of aliphatic hydroxyl groups excluding tert-OH is 8. The Bertz CT molecular complexity index is 1680. The highest BCUT2D eigenvalue weighted by Gasteiger charge is 2.44. The summed E-state index contributed by atoms with van der Waals surface area (Å²) < 4.78 is 73.6. The van der Waals surface area contributed by atoms with E-state index < -0.39 is 124 Å². The zero-order chi connectivity index (χ0) is 70.9. The van der Waals surface area contributed by atoms with Gasteiger partial charge >= 0.3 is 34.2 Å². The highest BCUT2D eigenvalue weighted by atomic mass is 28.5. The summed E-state index contributed by atoms with van der Waals surface area (Å²) in [6, 6.07) is 3.61. The molecular weight excluding hydrogens is 1340 g/mol. The second-order valence-electron chi connectivity index (χ2n) is 32.8. The predicted molar refractivity (Wildman–Crippen MR) is 398 cm³/mol. The van der Waals surface area contributed by atoms with E-state index in [4.69, 9.17) is 67.2 Å². The molecule has 20 nitrogen and oxygen atoms in total. The van der Waals surface area contributed by atoms with E-state index in [0.29, 0.717) is 46.1 Å². The Morgan fingerprint density at radius 3 is 0.787 bits per heavy atom. The second-order valence-corrected chi connectivity index (χ2v) is 84.2. The van der Waals surface area contributed by atoms with Crippen LogP contribution in [0.4, 0.5) is 0 Å². The third-order valence-electron chi connectivity index (χ3n) is 12.0. The van der Waals surface area contributed by atoms with Crippen molar-refractivity contribution in [3.63, 3.8) is 0 Å². The summed E-state index contributed by atoms with van der Waals surface area (Å²) in [5.74, 6) is 0. The Morgan fingerprint density at radius 1 is 0.326 bits per heavy atom. The van der Waals surface area contributed by atoms with Gasteiger partial charge in [0.05, 0.1) is 66.1 Å². The largest absolute Gasteiger partial charge is 0.437 e. The molecule has 1 atom stereocenters. The van der Waals surface area contributed by atoms with Gasteiger partial charge in [-0.2, -0.15) is 0 Å². The van der Waals surface area contributed by atoms with Crippen LogP contribution in [0.1, 0.15) is 46.0 Å². The van der Waals surface area contributed by atoms with Crippen molar-refractivity contribution in [1.29, 1.82) is 0 Å². The van der Waals surface area contributed by atoms with E-state index in [0.717, 1.165) is 49.9 Å². The molecule has 0 aliphatic heterocycles. The van der Waals surface area contributed by atoms with E-state index in [2.05, 4.69) is 183 Å². The first-order valence-corrected chi connectivity index (χ1v) is 70.1. The van der Waals surface area contributed by atoms with Crippen LogP contribution in [0.5, 0.6) is 0 Å². The summed E-state index contributed by atoms with van der Waals surface area (Å²) in [5.41, 5.74) is -1.09. The lowest BCUT2D eigenvalue weighted by molar-refractivity contribution is -0.0298. The molecule has 0 heterocycles. The molecule has 542 valence electrons. The van der Waals surface area contributed by atoms with Gasteiger partial charge < -0.3 is 92.7 Å². The second kappa shape index (κ2) is 44.0. The van der Waals surface area contributed by atoms with Gasteiger partial charge in [0, 0.05) is 37.3 Å². The third-order valence-corrected chi connectivity index (χ3v) is 50.5. The van der Waals surface area contributed by atoms with Crippen molar-refractivity contribution >= 4 is 101 Å². The Kier molecular flexibility index (Phi) is 48.1. The predicted octanol–water partition coefficient (Wildman–Crippen LogP) is 11.8. The molecule has 0 aromatic rings. The fourth-order valence-corrected chi connectivity index (χ4v) is 59.5. The van der Waals surface area contributed by atoms with Crippen LogP contribution in [-0.4, -0.2) is 246 Å². The summed E-state index contributed by atoms with van der Waals surface area (Å²) in [5, 5.41) is 73.3. The molecule has 89 heavy (non-hydrogen) atoms. The van der Waals surface area contributed by atoms with Crippen molar-refractivity contribution in [2.75, 3.05) is 92.5 Å². The van der Waals surface area contributed by atoms with Crippen LogP contribution in [0.2, 0.25) is 207 Å². The Hall–Kier alpha value is 1.80. The molecule has 0 bridgehead atoms. The number of hydrogen-bond donors (Lipinski definition) is 8. The summed E-state index contributed by atoms with van der Waals surface area (Å²) in [6.45, 7) is 67.6. The minimum atomic E-state index is -2.20. The zero-order valence-corrected chi connectivity index (χ0v) is 74.9. The average molecular weight is 1490 g/mol. The fraction of sp³-hybridized carbons (Fsp3) is 1.00. The molecule has 1 unspecified atom stereocenters. The normalized spacial score (nSPS) is 14.5. The number of rotatable bonds is 47. The molecule has 32 heteroatoms. The van der Waals surface area contributed by atoms with Crippen LogP contribution in [0.25, 0.3) is 0 Å². The first-order chi connectivity index (χ1) is 39.8. The molecular formula is C57H146O20Si12. The van der Waals surface area contributed by atoms with Crippen LogP contribution in [0.15, 0.2) is 0 Å². The van der Waals surface area contributed by atoms with Gasteiger partial charge in [-0.25, -0.2) is 0 Å². The van der Waals surface area contributed by atoms with E-state index in [1.807, 2.05) is 13.8 Å². The Balaban J connectivity index is -0.000000542. The standard InChI is InChI=1S/C16H40O5Si3.C15H38O5Si3.2C13H34O5Si3/c1-9-16(13-17,14-18)15-19-11-10-12-24(8,20-22(2,3)4)21-23(5,6)7;1-15(12-16,13-17)14-18-10-9-11-23(8,19-21(2,3)4)20-22(5,6)7;1-19(2,3)17-21(7,18-20(4,5)6)10-8-9-16-12-13(15)11-14;1-19(2,3)17-21(7,18-20(4,5)6)10-8-9-16-13(11-14)12-15/h17-18H,9-15H2,1-8H3;16-17H,9-14H2,1-8H3;2*13-15H,8-12H2,1-7H3. The molecule has 8 N–H and O–H groups in total. The van der Waals surface area contributed by atoms with Crippen molar-refractivity contribution in [3.05, 3.63) is 0 Å². The Morgan fingerprint density at radius 2 is 0.573 bits per heavy atom. The Labute approximate surface area is 558 Å². The summed E-state index contributed by atoms with van der Waals surface area (Å²) in [7, 11) is -21.9. The minimum Gasteiger partial charge on any atom is -0.437 e. The lowest BCUT2D eigenvalue weighted by Crippen LogP contribution is -2.52.